The maximum Gasteiger partial charge on any atom is 0.300 e. The van der Waals surface area contributed by atoms with E-state index in [9.17, 15) is 8.78 Å². The summed E-state index contributed by atoms with van der Waals surface area (Å²) in [7, 11) is 0. The molecular formula is C21H17Br2F2N3O. The summed E-state index contributed by atoms with van der Waals surface area (Å²) in [5.74, 6) is -0.751. The zero-order valence-electron chi connectivity index (χ0n) is 15.6. The number of benzene rings is 3. The third kappa shape index (κ3) is 5.33. The summed E-state index contributed by atoms with van der Waals surface area (Å²) < 4.78 is 33.2. The van der Waals surface area contributed by atoms with Crippen LogP contribution in [0.4, 0.5) is 26.2 Å². The maximum atomic E-state index is 13.8. The van der Waals surface area contributed by atoms with Gasteiger partial charge in [-0.05, 0) is 67.4 Å². The number of anilines is 3. The van der Waals surface area contributed by atoms with Crippen LogP contribution in [0.1, 0.15) is 11.1 Å². The van der Waals surface area contributed by atoms with Crippen LogP contribution < -0.4 is 11.1 Å². The molecule has 3 aromatic carbocycles. The van der Waals surface area contributed by atoms with E-state index in [1.54, 1.807) is 18.2 Å². The van der Waals surface area contributed by atoms with Gasteiger partial charge in [0, 0.05) is 8.95 Å². The Balaban J connectivity index is 0.000000224. The molecule has 29 heavy (non-hydrogen) atoms. The van der Waals surface area contributed by atoms with Crippen LogP contribution in [0.5, 0.6) is 0 Å². The van der Waals surface area contributed by atoms with Crippen molar-refractivity contribution in [1.29, 1.82) is 0 Å². The van der Waals surface area contributed by atoms with Crippen molar-refractivity contribution in [2.24, 2.45) is 0 Å². The van der Waals surface area contributed by atoms with E-state index in [0.717, 1.165) is 22.2 Å². The molecule has 0 bridgehead atoms. The molecule has 4 nitrogen and oxygen atoms in total. The minimum absolute atomic E-state index is 0.179. The molecule has 0 aliphatic rings. The molecule has 3 N–H and O–H groups in total. The Morgan fingerprint density at radius 2 is 1.59 bits per heavy atom. The molecule has 0 saturated heterocycles. The summed E-state index contributed by atoms with van der Waals surface area (Å²) in [6.45, 7) is 3.97. The monoisotopic (exact) mass is 523 g/mol. The fraction of sp³-hybridized carbons (Fsp3) is 0.0952. The Bertz CT molecular complexity index is 1180. The predicted octanol–water partition coefficient (Wildman–Crippen LogP) is 7.26. The standard InChI is InChI=1S/C15H12BrFN2O.C6H5BrFN/c1-8-5-9(2)14-13(6-8)19-15(20-14)18-12-4-3-10(16)7-11(12)17;7-4-1-2-6(9)5(8)3-4/h3-7H,1-2H3,(H,18,19);1-3H,9H2. The van der Waals surface area contributed by atoms with E-state index in [4.69, 9.17) is 10.2 Å². The van der Waals surface area contributed by atoms with Crippen molar-refractivity contribution in [2.75, 3.05) is 11.1 Å². The number of nitrogens with one attached hydrogen (secondary N) is 1. The number of nitrogens with two attached hydrogens (primary N) is 1. The van der Waals surface area contributed by atoms with Gasteiger partial charge in [-0.1, -0.05) is 37.9 Å². The Hall–Kier alpha value is -2.45. The van der Waals surface area contributed by atoms with Gasteiger partial charge in [0.15, 0.2) is 5.58 Å². The number of nitrogens with zero attached hydrogens (tertiary/aromatic N) is 1. The van der Waals surface area contributed by atoms with Gasteiger partial charge >= 0.3 is 0 Å². The van der Waals surface area contributed by atoms with Crippen molar-refractivity contribution >= 4 is 60.3 Å². The van der Waals surface area contributed by atoms with E-state index >= 15 is 0 Å². The molecule has 0 saturated carbocycles. The van der Waals surface area contributed by atoms with Crippen molar-refractivity contribution in [3.63, 3.8) is 0 Å². The zero-order valence-corrected chi connectivity index (χ0v) is 18.7. The first kappa shape index (κ1) is 21.3. The molecule has 150 valence electrons. The van der Waals surface area contributed by atoms with E-state index in [2.05, 4.69) is 42.2 Å². The normalized spacial score (nSPS) is 10.6. The molecule has 4 rings (SSSR count). The second-order valence-corrected chi connectivity index (χ2v) is 8.20. The quantitative estimate of drug-likeness (QED) is 0.271. The Labute approximate surface area is 183 Å². The average Bonchev–Trinajstić information content (AvgIpc) is 3.04. The van der Waals surface area contributed by atoms with E-state index in [1.165, 1.54) is 18.2 Å². The number of halogens is 4. The molecule has 0 unspecified atom stereocenters. The zero-order chi connectivity index (χ0) is 21.1. The lowest BCUT2D eigenvalue weighted by Gasteiger charge is -2.03. The number of nitrogen functional groups attached to an aromatic ring is 1. The molecule has 1 heterocycles. The number of hydrogen-bond acceptors (Lipinski definition) is 4. The van der Waals surface area contributed by atoms with Gasteiger partial charge in [0.2, 0.25) is 0 Å². The molecule has 0 radical (unpaired) electrons. The number of rotatable bonds is 2. The van der Waals surface area contributed by atoms with Gasteiger partial charge in [0.25, 0.3) is 6.01 Å². The summed E-state index contributed by atoms with van der Waals surface area (Å²) in [5, 5.41) is 2.86. The second-order valence-electron chi connectivity index (χ2n) is 6.36. The largest absolute Gasteiger partial charge is 0.423 e. The molecule has 1 aromatic heterocycles. The number of oxazole rings is 1. The molecule has 0 atom stereocenters. The second kappa shape index (κ2) is 8.92. The van der Waals surface area contributed by atoms with Gasteiger partial charge in [-0.3, -0.25) is 0 Å². The summed E-state index contributed by atoms with van der Waals surface area (Å²) in [6.07, 6.45) is 0. The first-order chi connectivity index (χ1) is 13.7. The first-order valence-corrected chi connectivity index (χ1v) is 10.1. The Kier molecular flexibility index (Phi) is 6.54. The van der Waals surface area contributed by atoms with Crippen molar-refractivity contribution in [1.82, 2.24) is 4.98 Å². The van der Waals surface area contributed by atoms with Crippen LogP contribution in [-0.2, 0) is 0 Å². The van der Waals surface area contributed by atoms with Gasteiger partial charge < -0.3 is 15.5 Å². The summed E-state index contributed by atoms with van der Waals surface area (Å²) in [4.78, 5) is 4.34. The average molecular weight is 525 g/mol. The van der Waals surface area contributed by atoms with E-state index in [1.807, 2.05) is 26.0 Å². The lowest BCUT2D eigenvalue weighted by Crippen LogP contribution is -1.93. The molecule has 4 aromatic rings. The first-order valence-electron chi connectivity index (χ1n) is 8.53. The lowest BCUT2D eigenvalue weighted by molar-refractivity contribution is 0.610. The smallest absolute Gasteiger partial charge is 0.300 e. The predicted molar refractivity (Wildman–Crippen MR) is 119 cm³/mol. The lowest BCUT2D eigenvalue weighted by atomic mass is 10.1. The van der Waals surface area contributed by atoms with Gasteiger partial charge in [-0.25, -0.2) is 8.78 Å². The molecular weight excluding hydrogens is 508 g/mol. The molecule has 0 amide bonds. The van der Waals surface area contributed by atoms with Crippen molar-refractivity contribution in [2.45, 2.75) is 13.8 Å². The van der Waals surface area contributed by atoms with Gasteiger partial charge in [-0.2, -0.15) is 4.98 Å². The van der Waals surface area contributed by atoms with Crippen LogP contribution in [0, 0.1) is 25.5 Å². The fourth-order valence-corrected chi connectivity index (χ4v) is 3.30. The number of aromatic nitrogens is 1. The van der Waals surface area contributed by atoms with Crippen LogP contribution in [0.15, 0.2) is 61.9 Å². The summed E-state index contributed by atoms with van der Waals surface area (Å²) >= 11 is 6.32. The van der Waals surface area contributed by atoms with Gasteiger partial charge in [-0.15, -0.1) is 0 Å². The van der Waals surface area contributed by atoms with E-state index < -0.39 is 0 Å². The van der Waals surface area contributed by atoms with Crippen LogP contribution in [-0.4, -0.2) is 4.98 Å². The van der Waals surface area contributed by atoms with Crippen molar-refractivity contribution in [3.05, 3.63) is 80.2 Å². The third-order valence-electron chi connectivity index (χ3n) is 3.96. The number of hydrogen-bond donors (Lipinski definition) is 2. The van der Waals surface area contributed by atoms with Crippen LogP contribution in [0.2, 0.25) is 0 Å². The highest BCUT2D eigenvalue weighted by Crippen LogP contribution is 2.27. The minimum Gasteiger partial charge on any atom is -0.423 e. The summed E-state index contributed by atoms with van der Waals surface area (Å²) in [6, 6.07) is 13.6. The van der Waals surface area contributed by atoms with E-state index in [-0.39, 0.29) is 23.3 Å². The van der Waals surface area contributed by atoms with Crippen molar-refractivity contribution < 1.29 is 13.2 Å². The van der Waals surface area contributed by atoms with Crippen molar-refractivity contribution in [3.8, 4) is 0 Å². The Morgan fingerprint density at radius 1 is 0.931 bits per heavy atom. The number of aryl methyl sites for hydroxylation is 2. The molecule has 8 heteroatoms. The van der Waals surface area contributed by atoms with Crippen LogP contribution >= 0.6 is 31.9 Å². The molecule has 0 fully saturated rings. The number of fused-ring (bicyclic) bond motifs is 1. The van der Waals surface area contributed by atoms with E-state index in [0.29, 0.717) is 14.6 Å². The molecule has 0 spiro atoms. The van der Waals surface area contributed by atoms with Gasteiger partial charge in [0.1, 0.15) is 17.2 Å². The fourth-order valence-electron chi connectivity index (χ4n) is 2.64. The van der Waals surface area contributed by atoms with Crippen LogP contribution in [0.25, 0.3) is 11.1 Å². The molecule has 0 aliphatic heterocycles. The molecule has 0 aliphatic carbocycles. The highest BCUT2D eigenvalue weighted by atomic mass is 79.9. The Morgan fingerprint density at radius 3 is 2.21 bits per heavy atom. The topological polar surface area (TPSA) is 64.1 Å². The minimum atomic E-state index is -0.385. The SMILES string of the molecule is Cc1cc(C)c2oc(Nc3ccc(Br)cc3F)nc2c1.Nc1ccc(Br)cc1F. The van der Waals surface area contributed by atoms with Gasteiger partial charge in [0.05, 0.1) is 11.4 Å². The third-order valence-corrected chi connectivity index (χ3v) is 4.94. The van der Waals surface area contributed by atoms with Crippen LogP contribution in [0.3, 0.4) is 0 Å². The highest BCUT2D eigenvalue weighted by Gasteiger charge is 2.11. The summed E-state index contributed by atoms with van der Waals surface area (Å²) in [5.41, 5.74) is 9.31. The maximum absolute atomic E-state index is 13.8. The highest BCUT2D eigenvalue weighted by molar-refractivity contribution is 9.10.